The Bertz CT molecular complexity index is 2750. The first kappa shape index (κ1) is 50.7. The maximum absolute atomic E-state index is 14.7. The number of phenols is 1. The van der Waals surface area contributed by atoms with Crippen LogP contribution in [-0.4, -0.2) is 143 Å². The fourth-order valence-corrected chi connectivity index (χ4v) is 11.8. The van der Waals surface area contributed by atoms with Crippen LogP contribution in [0.5, 0.6) is 5.75 Å². The van der Waals surface area contributed by atoms with Crippen molar-refractivity contribution in [3.63, 3.8) is 0 Å². The molecule has 72 heavy (non-hydrogen) atoms. The lowest BCUT2D eigenvalue weighted by Crippen LogP contribution is -2.60. The number of hydrogen-bond donors (Lipinski definition) is 6. The normalized spacial score (nSPS) is 23.4. The van der Waals surface area contributed by atoms with Crippen LogP contribution in [0.4, 0.5) is 21.0 Å². The molecule has 5 aliphatic heterocycles. The summed E-state index contributed by atoms with van der Waals surface area (Å²) in [4.78, 5) is 78.6. The predicted octanol–water partition coefficient (Wildman–Crippen LogP) is 5.10. The number of phosphoric acid groups is 1. The van der Waals surface area contributed by atoms with Crippen LogP contribution >= 0.6 is 7.82 Å². The van der Waals surface area contributed by atoms with E-state index in [0.29, 0.717) is 41.8 Å². The molecule has 4 fully saturated rings. The number of urea groups is 1. The van der Waals surface area contributed by atoms with Gasteiger partial charge in [-0.25, -0.2) is 23.7 Å². The van der Waals surface area contributed by atoms with E-state index in [1.807, 2.05) is 30.6 Å². The second kappa shape index (κ2) is 20.7. The van der Waals surface area contributed by atoms with Gasteiger partial charge >= 0.3 is 13.9 Å². The Morgan fingerprint density at radius 1 is 0.986 bits per heavy atom. The second-order valence-electron chi connectivity index (χ2n) is 20.8. The van der Waals surface area contributed by atoms with Gasteiger partial charge in [0.25, 0.3) is 0 Å². The molecular weight excluding hydrogens is 945 g/mol. The number of anilines is 2. The van der Waals surface area contributed by atoms with Gasteiger partial charge in [-0.1, -0.05) is 44.9 Å². The van der Waals surface area contributed by atoms with Crippen LogP contribution in [0.2, 0.25) is 0 Å². The summed E-state index contributed by atoms with van der Waals surface area (Å²) in [6.45, 7) is 10.6. The lowest BCUT2D eigenvalue weighted by Gasteiger charge is -2.42. The molecule has 0 aliphatic carbocycles. The highest BCUT2D eigenvalue weighted by molar-refractivity contribution is 7.46. The third-order valence-corrected chi connectivity index (χ3v) is 15.8. The number of hydrogen-bond acceptors (Lipinski definition) is 13. The van der Waals surface area contributed by atoms with E-state index in [4.69, 9.17) is 20.9 Å². The molecule has 0 saturated carbocycles. The summed E-state index contributed by atoms with van der Waals surface area (Å²) in [6, 6.07) is 11.2. The van der Waals surface area contributed by atoms with Gasteiger partial charge in [0.1, 0.15) is 23.7 Å². The standard InChI is InChI=1S/C51H63FN11O8P/c1-6-31-11-12-33(39(52)23-31)26-53-47(65)42-24-36(71-72(68,69)70)29-63(42)48(66)45(51(3,4)5)57-50(67)61-20-15-35(16-21-61)60-18-13-32(14-19-60)34-27-54-49(55-28-34)62-22-17-40-44(30(62)2)38-25-41(58-59-46(38)56-40)37-9-7-8-10-43(37)64/h1,7-12,23,25,27-28,30,32,35-36,40,42,44-45,64H,13-22,24,26,29H2,2-5H3,(H,53,65)(H,56,59)(H,57,67)(H2,68,69,70)/t30-,36-,40?,42+,44?,45-/m1/s1. The molecular formula is C51H63FN11O8P. The maximum Gasteiger partial charge on any atom is 0.469 e. The summed E-state index contributed by atoms with van der Waals surface area (Å²) in [6.07, 6.45) is 12.2. The topological polar surface area (TPSA) is 239 Å². The van der Waals surface area contributed by atoms with Crippen molar-refractivity contribution in [3.05, 3.63) is 89.0 Å². The van der Waals surface area contributed by atoms with E-state index in [9.17, 15) is 38.2 Å². The number of carbonyl (C=O) groups is 3. The van der Waals surface area contributed by atoms with Crippen LogP contribution in [0.3, 0.4) is 0 Å². The summed E-state index contributed by atoms with van der Waals surface area (Å²) < 4.78 is 31.5. The molecule has 6 atom stereocenters. The molecule has 4 amide bonds. The number of nitrogens with zero attached hydrogens (tertiary/aromatic N) is 8. The third kappa shape index (κ3) is 10.9. The highest BCUT2D eigenvalue weighted by atomic mass is 31.2. The zero-order valence-corrected chi connectivity index (χ0v) is 41.8. The Hall–Kier alpha value is -6.23. The fraction of sp³-hybridized carbons (Fsp3) is 0.510. The molecule has 19 nitrogen and oxygen atoms in total. The molecule has 5 aliphatic rings. The average molecular weight is 1010 g/mol. The number of terminal acetylenes is 1. The van der Waals surface area contributed by atoms with Crippen LogP contribution in [0.1, 0.15) is 100 Å². The second-order valence-corrected chi connectivity index (χ2v) is 22.0. The Morgan fingerprint density at radius 2 is 1.71 bits per heavy atom. The summed E-state index contributed by atoms with van der Waals surface area (Å²) in [5.74, 6) is 2.56. The average Bonchev–Trinajstić information content (AvgIpc) is 3.96. The highest BCUT2D eigenvalue weighted by Gasteiger charge is 2.48. The van der Waals surface area contributed by atoms with E-state index in [2.05, 4.69) is 48.8 Å². The number of phenolic OH excluding ortho intramolecular Hbond substituents is 1. The molecule has 0 radical (unpaired) electrons. The molecule has 4 saturated heterocycles. The van der Waals surface area contributed by atoms with Crippen molar-refractivity contribution in [3.8, 4) is 29.4 Å². The van der Waals surface area contributed by atoms with E-state index < -0.39 is 55.1 Å². The lowest BCUT2D eigenvalue weighted by atomic mass is 9.83. The number of likely N-dealkylation sites (tertiary alicyclic amines) is 3. The summed E-state index contributed by atoms with van der Waals surface area (Å²) in [5.41, 5.74) is 3.14. The number of benzene rings is 2. The molecule has 6 N–H and O–H groups in total. The Kier molecular flexibility index (Phi) is 14.6. The van der Waals surface area contributed by atoms with Gasteiger partial charge in [0, 0.05) is 97.8 Å². The maximum atomic E-state index is 14.7. The SMILES string of the molecule is C#Cc1ccc(CNC(=O)[C@@H]2C[C@@H](OP(=O)(O)O)CN2C(=O)[C@@H](NC(=O)N2CCC(N3CCC(c4cnc(N5CCC6Nc7nnc(-c8ccccc8O)cc7C6[C@H]5C)nc4)CC3)CC2)C(C)(C)C)c(F)c1. The van der Waals surface area contributed by atoms with Crippen molar-refractivity contribution >= 4 is 37.4 Å². The van der Waals surface area contributed by atoms with Crippen molar-refractivity contribution in [2.24, 2.45) is 5.41 Å². The van der Waals surface area contributed by atoms with Gasteiger partial charge < -0.3 is 50.4 Å². The Labute approximate surface area is 418 Å². The van der Waals surface area contributed by atoms with E-state index in [0.717, 1.165) is 68.7 Å². The zero-order valence-electron chi connectivity index (χ0n) is 40.9. The summed E-state index contributed by atoms with van der Waals surface area (Å²) in [7, 11) is -4.99. The summed E-state index contributed by atoms with van der Waals surface area (Å²) >= 11 is 0. The van der Waals surface area contributed by atoms with Crippen molar-refractivity contribution in [2.45, 2.75) is 121 Å². The first-order valence-corrected chi connectivity index (χ1v) is 26.3. The minimum absolute atomic E-state index is 0.0924. The van der Waals surface area contributed by atoms with Gasteiger partial charge in [-0.05, 0) is 99.3 Å². The van der Waals surface area contributed by atoms with E-state index in [1.165, 1.54) is 23.1 Å². The van der Waals surface area contributed by atoms with Crippen LogP contribution in [0.25, 0.3) is 11.3 Å². The number of halogens is 1. The van der Waals surface area contributed by atoms with E-state index in [1.54, 1.807) is 37.8 Å². The van der Waals surface area contributed by atoms with Crippen LogP contribution < -0.4 is 20.9 Å². The number of piperidine rings is 3. The molecule has 7 heterocycles. The lowest BCUT2D eigenvalue weighted by molar-refractivity contribution is -0.142. The van der Waals surface area contributed by atoms with E-state index >= 15 is 0 Å². The van der Waals surface area contributed by atoms with Crippen LogP contribution in [-0.2, 0) is 25.2 Å². The van der Waals surface area contributed by atoms with Crippen molar-refractivity contribution in [2.75, 3.05) is 49.5 Å². The molecule has 2 unspecified atom stereocenters. The number of carbonyl (C=O) groups excluding carboxylic acids is 3. The van der Waals surface area contributed by atoms with Gasteiger partial charge in [-0.2, -0.15) is 0 Å². The zero-order chi connectivity index (χ0) is 51.1. The molecule has 21 heteroatoms. The predicted molar refractivity (Wildman–Crippen MR) is 266 cm³/mol. The van der Waals surface area contributed by atoms with Gasteiger partial charge in [-0.15, -0.1) is 16.6 Å². The number of phosphoric ester groups is 1. The number of rotatable bonds is 11. The smallest absolute Gasteiger partial charge is 0.469 e. The highest BCUT2D eigenvalue weighted by Crippen LogP contribution is 2.45. The molecule has 0 bridgehead atoms. The minimum atomic E-state index is -4.99. The van der Waals surface area contributed by atoms with Crippen molar-refractivity contribution in [1.29, 1.82) is 0 Å². The van der Waals surface area contributed by atoms with Gasteiger partial charge in [0.15, 0.2) is 5.82 Å². The van der Waals surface area contributed by atoms with Crippen LogP contribution in [0, 0.1) is 23.6 Å². The van der Waals surface area contributed by atoms with Crippen LogP contribution in [0.15, 0.2) is 60.9 Å². The van der Waals surface area contributed by atoms with E-state index in [-0.39, 0.29) is 54.9 Å². The van der Waals surface area contributed by atoms with Crippen molar-refractivity contribution in [1.82, 2.24) is 45.5 Å². The third-order valence-electron chi connectivity index (χ3n) is 15.2. The largest absolute Gasteiger partial charge is 0.507 e. The minimum Gasteiger partial charge on any atom is -0.507 e. The monoisotopic (exact) mass is 1010 g/mol. The first-order valence-electron chi connectivity index (χ1n) is 24.7. The van der Waals surface area contributed by atoms with Gasteiger partial charge in [-0.3, -0.25) is 14.1 Å². The van der Waals surface area contributed by atoms with Gasteiger partial charge in [0.05, 0.1) is 11.8 Å². The number of aromatic nitrogens is 4. The number of nitrogens with one attached hydrogen (secondary N) is 3. The Balaban J connectivity index is 0.770. The molecule has 382 valence electrons. The first-order chi connectivity index (χ1) is 34.3. The van der Waals surface area contributed by atoms with Gasteiger partial charge in [0.2, 0.25) is 17.8 Å². The Morgan fingerprint density at radius 3 is 2.38 bits per heavy atom. The number of para-hydroxylation sites is 1. The number of aromatic hydroxyl groups is 1. The fourth-order valence-electron chi connectivity index (χ4n) is 11.3. The number of amides is 4. The quantitative estimate of drug-likeness (QED) is 0.0847. The molecule has 0 spiro atoms. The molecule has 2 aromatic heterocycles. The molecule has 9 rings (SSSR count). The molecule has 4 aromatic rings. The van der Waals surface area contributed by atoms with Crippen molar-refractivity contribution < 1.29 is 42.8 Å². The summed E-state index contributed by atoms with van der Waals surface area (Å²) in [5, 5.41) is 28.6. The molecule has 2 aromatic carbocycles. The number of fused-ring (bicyclic) bond motifs is 3.